The Labute approximate surface area is 159 Å². The van der Waals surface area contributed by atoms with E-state index in [0.29, 0.717) is 19.6 Å². The second kappa shape index (κ2) is 8.64. The van der Waals surface area contributed by atoms with E-state index in [0.717, 1.165) is 16.8 Å². The second-order valence-electron chi connectivity index (χ2n) is 6.99. The van der Waals surface area contributed by atoms with E-state index in [1.165, 1.54) is 5.56 Å². The van der Waals surface area contributed by atoms with E-state index in [1.807, 2.05) is 53.0 Å². The molecule has 0 radical (unpaired) electrons. The van der Waals surface area contributed by atoms with Crippen LogP contribution in [0.4, 0.5) is 0 Å². The van der Waals surface area contributed by atoms with Gasteiger partial charge in [-0.05, 0) is 12.6 Å². The number of benzene rings is 2. The lowest BCUT2D eigenvalue weighted by Crippen LogP contribution is -2.28. The third kappa shape index (κ3) is 5.05. The molecule has 0 aliphatic heterocycles. The number of carboxylic acids is 1. The van der Waals surface area contributed by atoms with Crippen molar-refractivity contribution in [2.45, 2.75) is 20.0 Å². The minimum Gasteiger partial charge on any atom is -0.481 e. The predicted octanol–water partition coefficient (Wildman–Crippen LogP) is 3.75. The Kier molecular flexibility index (Phi) is 6.04. The molecular formula is C22H25N3O2. The lowest BCUT2D eigenvalue weighted by atomic mass is 10.1. The number of carbonyl (C=O) groups is 1. The normalized spacial score (nSPS) is 12.3. The van der Waals surface area contributed by atoms with Crippen LogP contribution in [0.3, 0.4) is 0 Å². The first-order valence-corrected chi connectivity index (χ1v) is 9.10. The smallest absolute Gasteiger partial charge is 0.307 e. The summed E-state index contributed by atoms with van der Waals surface area (Å²) < 4.78 is 1.96. The number of hydrogen-bond acceptors (Lipinski definition) is 3. The lowest BCUT2D eigenvalue weighted by Gasteiger charge is -2.18. The number of aliphatic carboxylic acids is 1. The standard InChI is InChI=1S/C22H25N3O2/c1-17(22(26)27)13-24(2)15-20-16-25(14-18-9-5-3-6-10-18)23-21(20)19-11-7-4-8-12-19/h3-12,16-17H,13-15H2,1-2H3,(H,26,27). The maximum atomic E-state index is 11.1. The van der Waals surface area contributed by atoms with Crippen molar-refractivity contribution in [3.63, 3.8) is 0 Å². The molecule has 1 N–H and O–H groups in total. The van der Waals surface area contributed by atoms with Crippen molar-refractivity contribution in [1.82, 2.24) is 14.7 Å². The van der Waals surface area contributed by atoms with Crippen molar-refractivity contribution in [3.8, 4) is 11.3 Å². The van der Waals surface area contributed by atoms with Crippen LogP contribution in [0.1, 0.15) is 18.1 Å². The zero-order valence-corrected chi connectivity index (χ0v) is 15.7. The number of carboxylic acid groups (broad SMARTS) is 1. The zero-order valence-electron chi connectivity index (χ0n) is 15.7. The summed E-state index contributed by atoms with van der Waals surface area (Å²) in [6.07, 6.45) is 2.07. The van der Waals surface area contributed by atoms with E-state index in [-0.39, 0.29) is 0 Å². The topological polar surface area (TPSA) is 58.4 Å². The van der Waals surface area contributed by atoms with Crippen LogP contribution in [0.5, 0.6) is 0 Å². The van der Waals surface area contributed by atoms with Gasteiger partial charge < -0.3 is 10.0 Å². The van der Waals surface area contributed by atoms with Crippen LogP contribution in [0, 0.1) is 5.92 Å². The van der Waals surface area contributed by atoms with E-state index in [1.54, 1.807) is 6.92 Å². The molecule has 1 aromatic heterocycles. The van der Waals surface area contributed by atoms with Gasteiger partial charge in [0.1, 0.15) is 0 Å². The van der Waals surface area contributed by atoms with Gasteiger partial charge >= 0.3 is 5.97 Å². The zero-order chi connectivity index (χ0) is 19.2. The summed E-state index contributed by atoms with van der Waals surface area (Å²) in [5.74, 6) is -1.18. The van der Waals surface area contributed by atoms with Crippen LogP contribution in [-0.4, -0.2) is 39.3 Å². The summed E-state index contributed by atoms with van der Waals surface area (Å²) in [5.41, 5.74) is 4.30. The van der Waals surface area contributed by atoms with Crippen molar-refractivity contribution in [2.75, 3.05) is 13.6 Å². The third-order valence-corrected chi connectivity index (χ3v) is 4.52. The maximum Gasteiger partial charge on any atom is 0.307 e. The molecule has 0 fully saturated rings. The highest BCUT2D eigenvalue weighted by Gasteiger charge is 2.17. The summed E-state index contributed by atoms with van der Waals surface area (Å²) in [6.45, 7) is 3.58. The molecule has 0 aliphatic carbocycles. The molecule has 0 saturated carbocycles. The van der Waals surface area contributed by atoms with Crippen molar-refractivity contribution >= 4 is 5.97 Å². The summed E-state index contributed by atoms with van der Waals surface area (Å²) in [6, 6.07) is 20.3. The molecule has 2 aromatic carbocycles. The molecule has 0 spiro atoms. The molecule has 0 amide bonds. The van der Waals surface area contributed by atoms with E-state index in [9.17, 15) is 4.79 Å². The fourth-order valence-corrected chi connectivity index (χ4v) is 3.17. The molecule has 0 bridgehead atoms. The molecule has 3 aromatic rings. The summed E-state index contributed by atoms with van der Waals surface area (Å²) >= 11 is 0. The Morgan fingerprint density at radius 1 is 1.11 bits per heavy atom. The first-order chi connectivity index (χ1) is 13.0. The average Bonchev–Trinajstić information content (AvgIpc) is 3.05. The van der Waals surface area contributed by atoms with Gasteiger partial charge in [-0.25, -0.2) is 0 Å². The summed E-state index contributed by atoms with van der Waals surface area (Å²) in [7, 11) is 1.95. The number of rotatable bonds is 8. The molecule has 1 unspecified atom stereocenters. The van der Waals surface area contributed by atoms with Gasteiger partial charge in [0.15, 0.2) is 0 Å². The number of nitrogens with zero attached hydrogens (tertiary/aromatic N) is 3. The Morgan fingerprint density at radius 2 is 1.74 bits per heavy atom. The molecule has 1 heterocycles. The molecule has 5 heteroatoms. The van der Waals surface area contributed by atoms with Crippen molar-refractivity contribution in [2.24, 2.45) is 5.92 Å². The Balaban J connectivity index is 1.85. The second-order valence-corrected chi connectivity index (χ2v) is 6.99. The molecule has 140 valence electrons. The van der Waals surface area contributed by atoms with E-state index in [2.05, 4.69) is 30.5 Å². The fraction of sp³-hybridized carbons (Fsp3) is 0.273. The van der Waals surface area contributed by atoms with Gasteiger partial charge in [0.25, 0.3) is 0 Å². The Hall–Kier alpha value is -2.92. The third-order valence-electron chi connectivity index (χ3n) is 4.52. The van der Waals surface area contributed by atoms with Crippen LogP contribution in [-0.2, 0) is 17.9 Å². The lowest BCUT2D eigenvalue weighted by molar-refractivity contribution is -0.141. The van der Waals surface area contributed by atoms with Crippen LogP contribution < -0.4 is 0 Å². The molecule has 5 nitrogen and oxygen atoms in total. The highest BCUT2D eigenvalue weighted by molar-refractivity contribution is 5.69. The van der Waals surface area contributed by atoms with Crippen molar-refractivity contribution in [1.29, 1.82) is 0 Å². The van der Waals surface area contributed by atoms with Gasteiger partial charge in [0.05, 0.1) is 18.2 Å². The van der Waals surface area contributed by atoms with Gasteiger partial charge in [0.2, 0.25) is 0 Å². The quantitative estimate of drug-likeness (QED) is 0.662. The molecule has 3 rings (SSSR count). The van der Waals surface area contributed by atoms with Crippen LogP contribution >= 0.6 is 0 Å². The Bertz CT molecular complexity index is 875. The minimum atomic E-state index is -0.773. The van der Waals surface area contributed by atoms with Crippen molar-refractivity contribution in [3.05, 3.63) is 78.0 Å². The van der Waals surface area contributed by atoms with Crippen LogP contribution in [0.15, 0.2) is 66.9 Å². The predicted molar refractivity (Wildman–Crippen MR) is 106 cm³/mol. The monoisotopic (exact) mass is 363 g/mol. The van der Waals surface area contributed by atoms with E-state index in [4.69, 9.17) is 10.2 Å². The van der Waals surface area contributed by atoms with Gasteiger partial charge in [-0.2, -0.15) is 5.10 Å². The summed E-state index contributed by atoms with van der Waals surface area (Å²) in [4.78, 5) is 13.2. The van der Waals surface area contributed by atoms with Gasteiger partial charge in [-0.1, -0.05) is 67.6 Å². The van der Waals surface area contributed by atoms with Crippen LogP contribution in [0.25, 0.3) is 11.3 Å². The first kappa shape index (κ1) is 18.9. The van der Waals surface area contributed by atoms with Gasteiger partial charge in [0, 0.05) is 30.4 Å². The molecule has 0 saturated heterocycles. The highest BCUT2D eigenvalue weighted by Crippen LogP contribution is 2.23. The first-order valence-electron chi connectivity index (χ1n) is 9.10. The molecule has 0 aliphatic rings. The number of aromatic nitrogens is 2. The summed E-state index contributed by atoms with van der Waals surface area (Å²) in [5, 5.41) is 14.0. The fourth-order valence-electron chi connectivity index (χ4n) is 3.17. The maximum absolute atomic E-state index is 11.1. The number of hydrogen-bond donors (Lipinski definition) is 1. The largest absolute Gasteiger partial charge is 0.481 e. The van der Waals surface area contributed by atoms with E-state index < -0.39 is 11.9 Å². The average molecular weight is 363 g/mol. The van der Waals surface area contributed by atoms with Crippen LogP contribution in [0.2, 0.25) is 0 Å². The Morgan fingerprint density at radius 3 is 2.37 bits per heavy atom. The minimum absolute atomic E-state index is 0.408. The molecule has 1 atom stereocenters. The van der Waals surface area contributed by atoms with Gasteiger partial charge in [-0.3, -0.25) is 9.48 Å². The van der Waals surface area contributed by atoms with Crippen molar-refractivity contribution < 1.29 is 9.90 Å². The highest BCUT2D eigenvalue weighted by atomic mass is 16.4. The van der Waals surface area contributed by atoms with E-state index >= 15 is 0 Å². The molecule has 27 heavy (non-hydrogen) atoms. The van der Waals surface area contributed by atoms with Gasteiger partial charge in [-0.15, -0.1) is 0 Å². The SMILES string of the molecule is CC(CN(C)Cc1cn(Cc2ccccc2)nc1-c1ccccc1)C(=O)O. The molecular weight excluding hydrogens is 338 g/mol.